The number of aromatic amines is 1. The fourth-order valence-corrected chi connectivity index (χ4v) is 15.4. The van der Waals surface area contributed by atoms with Crippen molar-refractivity contribution >= 4 is 214 Å². The van der Waals surface area contributed by atoms with Crippen molar-refractivity contribution in [3.8, 4) is 39.9 Å². The summed E-state index contributed by atoms with van der Waals surface area (Å²) >= 11 is 30.7. The van der Waals surface area contributed by atoms with Crippen LogP contribution in [0.5, 0.6) is 17.6 Å². The molecule has 54 heteroatoms. The van der Waals surface area contributed by atoms with E-state index in [9.17, 15) is 38.4 Å². The number of nitrogens with zero attached hydrogens (tertiary/aromatic N) is 18. The van der Waals surface area contributed by atoms with Crippen LogP contribution in [0.2, 0.25) is 15.1 Å². The Balaban J connectivity index is 0.000000178. The Morgan fingerprint density at radius 3 is 1.10 bits per heavy atom. The molecule has 3 saturated heterocycles. The van der Waals surface area contributed by atoms with Crippen LogP contribution in [0.3, 0.4) is 0 Å². The van der Waals surface area contributed by atoms with E-state index in [0.717, 1.165) is 18.0 Å². The van der Waals surface area contributed by atoms with E-state index in [1.807, 2.05) is 95.2 Å². The summed E-state index contributed by atoms with van der Waals surface area (Å²) in [7, 11) is -1.43. The number of aliphatic carboxylic acids is 2. The van der Waals surface area contributed by atoms with Crippen LogP contribution in [-0.4, -0.2) is 256 Å². The van der Waals surface area contributed by atoms with Crippen LogP contribution in [0.4, 0.5) is 34.5 Å². The predicted molar refractivity (Wildman–Crippen MR) is 569 cm³/mol. The molecule has 5 atom stereocenters. The molecule has 6 aliphatic rings. The van der Waals surface area contributed by atoms with E-state index in [1.165, 1.54) is 52.0 Å². The van der Waals surface area contributed by atoms with Crippen molar-refractivity contribution in [2.75, 3.05) is 91.2 Å². The minimum atomic E-state index is -0.989. The molecule has 0 spiro atoms. The standard InChI is InChI=1S/2C19H17ClN6O4.C14H23BN2O4.C13H10ClIN4O2.C12H24B2O4.C8H11BrN2O2.C5H9BrO2.C3H3BrN2/c2*1-10(19(28)29)26-8-11(7-24-26)13-3-2-12(6-14(13)20)25-4-5-30-17-15(18(25)27)16(21)22-9-23-17;1-7-19-12(18)10(2)17-9-11(8-16-17)15-20-13(3,4)14(5,6)21-15;14-8-5-7(1-2-9(8)15)19-3-4-21-12-10(13(19)20)11(16)17-6-18-12;1-9(2)10(3,4)16-13(15-9)14-17-11(5,6)12(7,8)18-14;1-3-13-8(12)6(2)11-5-7(9)4-10-11;1-3-8-5(7)4(2)6;4-3-1-5-6-2-3/h2*2-3,6-10H,4-5H2,1H3,(H,28,29)(H2,21,22,23);8-10H,7H2,1-6H3;1-2,5-6H,3-4H2,(H2,16,17,18);1-8H3;4-6H,3H2,1-2H3;4H,3H2,1-2H3;1-2H,(H,5,6). The predicted octanol–water partition coefficient (Wildman–Crippen LogP) is 14.7. The number of benzene rings is 3. The molecule has 3 fully saturated rings. The van der Waals surface area contributed by atoms with E-state index in [4.69, 9.17) is 114 Å². The van der Waals surface area contributed by atoms with Crippen LogP contribution in [0, 0.1) is 3.57 Å². The van der Waals surface area contributed by atoms with Gasteiger partial charge in [-0.25, -0.2) is 49.1 Å². The number of ether oxygens (including phenoxy) is 6. The van der Waals surface area contributed by atoms with E-state index in [-0.39, 0.29) is 147 Å². The Kier molecular flexibility index (Phi) is 40.5. The molecule has 3 amide bonds. The molecule has 0 bridgehead atoms. The Hall–Kier alpha value is -11.5. The summed E-state index contributed by atoms with van der Waals surface area (Å²) in [6, 6.07) is 13.2. The number of esters is 3. The van der Waals surface area contributed by atoms with Gasteiger partial charge in [-0.3, -0.25) is 43.0 Å². The first kappa shape index (κ1) is 117. The molecule has 14 heterocycles. The zero-order valence-electron chi connectivity index (χ0n) is 84.2. The van der Waals surface area contributed by atoms with Gasteiger partial charge in [0.05, 0.1) is 122 Å². The quantitative estimate of drug-likeness (QED) is 0.0144. The number of carboxylic acids is 2. The molecule has 5 unspecified atom stereocenters. The van der Waals surface area contributed by atoms with Crippen LogP contribution >= 0.6 is 105 Å². The Bertz CT molecular complexity index is 6230. The Labute approximate surface area is 903 Å². The number of rotatable bonds is 19. The zero-order valence-corrected chi connectivity index (χ0v) is 93.4. The fraction of sp³-hybridized carbons (Fsp3) is 0.430. The molecule has 0 aliphatic carbocycles. The lowest BCUT2D eigenvalue weighted by atomic mass is 9.49. The van der Waals surface area contributed by atoms with Crippen LogP contribution < -0.4 is 51.6 Å². The van der Waals surface area contributed by atoms with Gasteiger partial charge in [-0.15, -0.1) is 0 Å². The van der Waals surface area contributed by atoms with E-state index in [2.05, 4.69) is 136 Å². The van der Waals surface area contributed by atoms with Crippen LogP contribution in [-0.2, 0) is 66.1 Å². The Morgan fingerprint density at radius 2 is 0.789 bits per heavy atom. The van der Waals surface area contributed by atoms with Crippen molar-refractivity contribution in [1.29, 1.82) is 0 Å². The van der Waals surface area contributed by atoms with Crippen molar-refractivity contribution in [2.24, 2.45) is 0 Å². The average Bonchev–Trinajstić information content (AvgIpc) is 1.59. The first-order valence-corrected chi connectivity index (χ1v) is 50.6. The van der Waals surface area contributed by atoms with Gasteiger partial charge >= 0.3 is 51.0 Å². The number of aromatic nitrogens is 16. The Morgan fingerprint density at radius 1 is 0.456 bits per heavy atom. The number of alkyl halides is 1. The third-order valence-electron chi connectivity index (χ3n) is 24.2. The summed E-state index contributed by atoms with van der Waals surface area (Å²) in [6.45, 7) is 40.8. The van der Waals surface area contributed by atoms with Gasteiger partial charge in [-0.1, -0.05) is 62.9 Å². The number of anilines is 6. The number of fused-ring (bicyclic) bond motifs is 3. The van der Waals surface area contributed by atoms with Crippen molar-refractivity contribution in [3.63, 3.8) is 0 Å². The second-order valence-electron chi connectivity index (χ2n) is 36.0. The summed E-state index contributed by atoms with van der Waals surface area (Å²) in [4.78, 5) is 122. The molecule has 8 aromatic heterocycles. The lowest BCUT2D eigenvalue weighted by molar-refractivity contribution is -0.147. The minimum Gasteiger partial charge on any atom is -0.480 e. The van der Waals surface area contributed by atoms with Gasteiger partial charge in [-0.05, 0) is 235 Å². The van der Waals surface area contributed by atoms with E-state index in [0.29, 0.717) is 87.4 Å². The molecule has 0 radical (unpaired) electrons. The van der Waals surface area contributed by atoms with Gasteiger partial charge in [0, 0.05) is 85.5 Å². The van der Waals surface area contributed by atoms with Gasteiger partial charge in [0.25, 0.3) is 17.7 Å². The van der Waals surface area contributed by atoms with Gasteiger partial charge in [-0.2, -0.15) is 25.5 Å². The van der Waals surface area contributed by atoms with Crippen LogP contribution in [0.1, 0.15) is 194 Å². The largest absolute Gasteiger partial charge is 0.498 e. The average molecular weight is 2400 g/mol. The van der Waals surface area contributed by atoms with E-state index in [1.54, 1.807) is 160 Å². The lowest BCUT2D eigenvalue weighted by Gasteiger charge is -2.32. The van der Waals surface area contributed by atoms with Crippen LogP contribution in [0.25, 0.3) is 22.3 Å². The second-order valence-corrected chi connectivity index (χ2v) is 41.6. The third-order valence-corrected chi connectivity index (χ3v) is 27.7. The molecular formula is C93H114B3Br3Cl3IN22O22. The molecular weight excluding hydrogens is 2280 g/mol. The monoisotopic (exact) mass is 2390 g/mol. The number of nitrogens with two attached hydrogens (primary N) is 3. The third kappa shape index (κ3) is 29.2. The molecule has 3 aromatic carbocycles. The highest BCUT2D eigenvalue weighted by Gasteiger charge is 2.64. The van der Waals surface area contributed by atoms with Crippen molar-refractivity contribution in [3.05, 3.63) is 180 Å². The highest BCUT2D eigenvalue weighted by Crippen LogP contribution is 2.45. The normalized spacial score (nSPS) is 17.1. The molecule has 11 aromatic rings. The second kappa shape index (κ2) is 50.7. The number of nitrogens with one attached hydrogen (secondary N) is 1. The molecule has 44 nitrogen and oxygen atoms in total. The SMILES string of the molecule is Brc1cn[nH]c1.CC(C(=O)O)n1cc(-c2ccc(N3CCOc4ncnc(N)c4C3=O)cc2Cl)cn1.CC(C(=O)O)n1cc(-c2ccc(N3CCOc4ncnc(N)c4C3=O)cc2Cl)cn1.CC1(C)OB(B2OC(C)(C)C(C)(C)O2)OC1(C)C.CCOC(=O)C(C)Br.CCOC(=O)C(C)n1cc(B2OC(C)(C)C(C)(C)O2)cn1.CCOC(=O)C(C)n1cc(Br)cn1.Nc1ncnc2c1C(=O)N(c1ccc(I)c(Cl)c1)CCO2. The maximum atomic E-state index is 13.0. The fourth-order valence-electron chi connectivity index (χ4n) is 13.7. The highest BCUT2D eigenvalue weighted by atomic mass is 127. The summed E-state index contributed by atoms with van der Waals surface area (Å²) in [5.74, 6) is -3.10. The number of halogens is 7. The number of hydrogen-bond donors (Lipinski definition) is 6. The summed E-state index contributed by atoms with van der Waals surface area (Å²) in [6.07, 6.45) is 20.3. The topological polar surface area (TPSA) is 553 Å². The summed E-state index contributed by atoms with van der Waals surface area (Å²) < 4.78 is 75.3. The van der Waals surface area contributed by atoms with Gasteiger partial charge in [0.15, 0.2) is 0 Å². The number of carbonyl (C=O) groups excluding carboxylic acids is 6. The van der Waals surface area contributed by atoms with Crippen molar-refractivity contribution in [1.82, 2.24) is 79.2 Å². The number of nitrogen functional groups attached to an aromatic ring is 3. The molecule has 6 aliphatic heterocycles. The number of carbonyl (C=O) groups is 8. The number of amides is 3. The molecule has 0 saturated carbocycles. The first-order valence-electron chi connectivity index (χ1n) is 45.9. The lowest BCUT2D eigenvalue weighted by Crippen LogP contribution is -2.41. The van der Waals surface area contributed by atoms with Gasteiger partial charge in [0.2, 0.25) is 17.6 Å². The number of H-pyrrole nitrogens is 1. The van der Waals surface area contributed by atoms with E-state index < -0.39 is 62.4 Å². The maximum absolute atomic E-state index is 13.0. The smallest absolute Gasteiger partial charge is 0.480 e. The molecule has 147 heavy (non-hydrogen) atoms. The number of hydrogen-bond acceptors (Lipinski definition) is 34. The zero-order chi connectivity index (χ0) is 108. The molecule has 9 N–H and O–H groups in total. The highest BCUT2D eigenvalue weighted by molar-refractivity contribution is 14.1. The van der Waals surface area contributed by atoms with Crippen molar-refractivity contribution in [2.45, 2.75) is 201 Å². The van der Waals surface area contributed by atoms with E-state index >= 15 is 0 Å². The maximum Gasteiger partial charge on any atom is 0.498 e. The summed E-state index contributed by atoms with van der Waals surface area (Å²) in [5.41, 5.74) is 20.9. The van der Waals surface area contributed by atoms with Crippen LogP contribution in [0.15, 0.2) is 144 Å². The minimum absolute atomic E-state index is 0.0413. The van der Waals surface area contributed by atoms with Gasteiger partial charge in [0.1, 0.15) is 102 Å². The molecule has 17 rings (SSSR count). The first-order chi connectivity index (χ1) is 69.1. The summed E-state index contributed by atoms with van der Waals surface area (Å²) in [5, 5.41) is 42.3. The van der Waals surface area contributed by atoms with Gasteiger partial charge < -0.3 is 98.5 Å². The number of carboxylic acid groups (broad SMARTS) is 2. The molecule has 786 valence electrons. The van der Waals surface area contributed by atoms with Crippen molar-refractivity contribution < 1.29 is 105 Å².